The predicted molar refractivity (Wildman–Crippen MR) is 78.4 cm³/mol. The van der Waals surface area contributed by atoms with Crippen LogP contribution in [0.1, 0.15) is 6.42 Å². The van der Waals surface area contributed by atoms with Crippen LogP contribution in [0.2, 0.25) is 5.02 Å². The quantitative estimate of drug-likeness (QED) is 0.825. The minimum Gasteiger partial charge on any atom is -0.361 e. The largest absolute Gasteiger partial charge is 0.361 e. The van der Waals surface area contributed by atoms with E-state index in [-0.39, 0.29) is 18.5 Å². The summed E-state index contributed by atoms with van der Waals surface area (Å²) < 4.78 is 5.63. The first-order valence-corrected chi connectivity index (χ1v) is 7.16. The molecule has 0 aromatic heterocycles. The van der Waals surface area contributed by atoms with Crippen LogP contribution >= 0.6 is 11.6 Å². The second kappa shape index (κ2) is 5.54. The van der Waals surface area contributed by atoms with Gasteiger partial charge in [0.15, 0.2) is 0 Å². The van der Waals surface area contributed by atoms with Crippen LogP contribution in [-0.2, 0) is 9.53 Å². The molecular formula is C14H16ClN3O3. The van der Waals surface area contributed by atoms with Gasteiger partial charge in [0.2, 0.25) is 5.91 Å². The van der Waals surface area contributed by atoms with Crippen LogP contribution in [-0.4, -0.2) is 48.7 Å². The van der Waals surface area contributed by atoms with Gasteiger partial charge in [-0.05, 0) is 30.7 Å². The third-order valence-corrected chi connectivity index (χ3v) is 4.07. The number of carbonyl (C=O) groups is 2. The SMILES string of the molecule is O=C1COC2(CCN(C(=O)Nc3ccc(Cl)cc3)C2)CN1. The molecular weight excluding hydrogens is 294 g/mol. The summed E-state index contributed by atoms with van der Waals surface area (Å²) in [6.07, 6.45) is 0.724. The number of halogens is 1. The van der Waals surface area contributed by atoms with Crippen LogP contribution in [0.5, 0.6) is 0 Å². The van der Waals surface area contributed by atoms with Crippen LogP contribution < -0.4 is 10.6 Å². The number of rotatable bonds is 1. The van der Waals surface area contributed by atoms with Crippen molar-refractivity contribution in [3.05, 3.63) is 29.3 Å². The van der Waals surface area contributed by atoms with Gasteiger partial charge in [-0.2, -0.15) is 0 Å². The van der Waals surface area contributed by atoms with Crippen molar-refractivity contribution in [2.45, 2.75) is 12.0 Å². The van der Waals surface area contributed by atoms with Crippen LogP contribution in [0.4, 0.5) is 10.5 Å². The van der Waals surface area contributed by atoms with Crippen molar-refractivity contribution in [1.82, 2.24) is 10.2 Å². The molecule has 3 rings (SSSR count). The molecule has 2 N–H and O–H groups in total. The molecule has 2 heterocycles. The van der Waals surface area contributed by atoms with Gasteiger partial charge in [0.25, 0.3) is 0 Å². The van der Waals surface area contributed by atoms with E-state index in [2.05, 4.69) is 10.6 Å². The third kappa shape index (κ3) is 3.11. The average molecular weight is 310 g/mol. The second-order valence-electron chi connectivity index (χ2n) is 5.36. The van der Waals surface area contributed by atoms with E-state index in [9.17, 15) is 9.59 Å². The van der Waals surface area contributed by atoms with E-state index in [1.54, 1.807) is 29.2 Å². The highest BCUT2D eigenvalue weighted by Crippen LogP contribution is 2.27. The van der Waals surface area contributed by atoms with E-state index in [1.807, 2.05) is 0 Å². The lowest BCUT2D eigenvalue weighted by molar-refractivity contribution is -0.141. The van der Waals surface area contributed by atoms with Gasteiger partial charge in [-0.3, -0.25) is 4.79 Å². The number of hydrogen-bond acceptors (Lipinski definition) is 3. The zero-order valence-corrected chi connectivity index (χ0v) is 12.2. The molecule has 0 saturated carbocycles. The number of carbonyl (C=O) groups excluding carboxylic acids is 2. The van der Waals surface area contributed by atoms with Crippen molar-refractivity contribution in [3.63, 3.8) is 0 Å². The molecule has 2 saturated heterocycles. The summed E-state index contributed by atoms with van der Waals surface area (Å²) in [6.45, 7) is 1.60. The summed E-state index contributed by atoms with van der Waals surface area (Å²) in [5.74, 6) is -0.107. The highest BCUT2D eigenvalue weighted by molar-refractivity contribution is 6.30. The summed E-state index contributed by atoms with van der Waals surface area (Å²) in [6, 6.07) is 6.78. The van der Waals surface area contributed by atoms with E-state index in [4.69, 9.17) is 16.3 Å². The van der Waals surface area contributed by atoms with Crippen molar-refractivity contribution in [2.75, 3.05) is 31.6 Å². The molecule has 1 spiro atoms. The molecule has 21 heavy (non-hydrogen) atoms. The van der Waals surface area contributed by atoms with Gasteiger partial charge in [0.05, 0.1) is 6.54 Å². The van der Waals surface area contributed by atoms with Crippen molar-refractivity contribution >= 4 is 29.2 Å². The lowest BCUT2D eigenvalue weighted by Gasteiger charge is -2.33. The van der Waals surface area contributed by atoms with Crippen LogP contribution in [0, 0.1) is 0 Å². The first-order valence-electron chi connectivity index (χ1n) is 6.79. The van der Waals surface area contributed by atoms with Gasteiger partial charge in [-0.1, -0.05) is 11.6 Å². The normalized spacial score (nSPS) is 25.0. The number of likely N-dealkylation sites (tertiary alicyclic amines) is 1. The smallest absolute Gasteiger partial charge is 0.321 e. The Labute approximate surface area is 127 Å². The van der Waals surface area contributed by atoms with Crippen LogP contribution in [0.25, 0.3) is 0 Å². The number of benzene rings is 1. The average Bonchev–Trinajstić information content (AvgIpc) is 2.89. The fourth-order valence-corrected chi connectivity index (χ4v) is 2.72. The number of anilines is 1. The number of ether oxygens (including phenoxy) is 1. The fourth-order valence-electron chi connectivity index (χ4n) is 2.60. The first kappa shape index (κ1) is 14.2. The Kier molecular flexibility index (Phi) is 3.73. The zero-order chi connectivity index (χ0) is 14.9. The molecule has 1 unspecified atom stereocenters. The Balaban J connectivity index is 1.59. The molecule has 1 aromatic carbocycles. The summed E-state index contributed by atoms with van der Waals surface area (Å²) >= 11 is 5.81. The highest BCUT2D eigenvalue weighted by Gasteiger charge is 2.43. The van der Waals surface area contributed by atoms with Gasteiger partial charge >= 0.3 is 6.03 Å². The van der Waals surface area contributed by atoms with Gasteiger partial charge in [0, 0.05) is 23.8 Å². The molecule has 2 aliphatic heterocycles. The summed E-state index contributed by atoms with van der Waals surface area (Å²) in [5.41, 5.74) is 0.258. The first-order chi connectivity index (χ1) is 10.1. The molecule has 0 aliphatic carbocycles. The molecule has 112 valence electrons. The summed E-state index contributed by atoms with van der Waals surface area (Å²) in [4.78, 5) is 25.1. The van der Waals surface area contributed by atoms with Gasteiger partial charge < -0.3 is 20.3 Å². The summed E-state index contributed by atoms with van der Waals surface area (Å²) in [5, 5.41) is 6.25. The van der Waals surface area contributed by atoms with E-state index in [0.717, 1.165) is 6.42 Å². The van der Waals surface area contributed by atoms with Crippen molar-refractivity contribution < 1.29 is 14.3 Å². The maximum Gasteiger partial charge on any atom is 0.321 e. The second-order valence-corrected chi connectivity index (χ2v) is 5.79. The van der Waals surface area contributed by atoms with Gasteiger partial charge in [-0.25, -0.2) is 4.79 Å². The fraction of sp³-hybridized carbons (Fsp3) is 0.429. The summed E-state index contributed by atoms with van der Waals surface area (Å²) in [7, 11) is 0. The minimum absolute atomic E-state index is 0.0621. The Morgan fingerprint density at radius 3 is 2.81 bits per heavy atom. The number of amides is 3. The molecule has 1 atom stereocenters. The highest BCUT2D eigenvalue weighted by atomic mass is 35.5. The van der Waals surface area contributed by atoms with E-state index in [1.165, 1.54) is 0 Å². The molecule has 6 nitrogen and oxygen atoms in total. The molecule has 0 radical (unpaired) electrons. The maximum atomic E-state index is 12.2. The molecule has 2 aliphatic rings. The van der Waals surface area contributed by atoms with E-state index < -0.39 is 5.60 Å². The lowest BCUT2D eigenvalue weighted by Crippen LogP contribution is -2.54. The minimum atomic E-state index is -0.439. The molecule has 0 bridgehead atoms. The lowest BCUT2D eigenvalue weighted by atomic mass is 10.0. The van der Waals surface area contributed by atoms with E-state index >= 15 is 0 Å². The molecule has 2 fully saturated rings. The third-order valence-electron chi connectivity index (χ3n) is 3.82. The number of urea groups is 1. The Morgan fingerprint density at radius 1 is 1.38 bits per heavy atom. The molecule has 3 amide bonds. The maximum absolute atomic E-state index is 12.2. The standard InChI is InChI=1S/C14H16ClN3O3/c15-10-1-3-11(4-2-10)17-13(20)18-6-5-14(9-18)8-16-12(19)7-21-14/h1-4H,5-9H2,(H,16,19)(H,17,20). The predicted octanol–water partition coefficient (Wildman–Crippen LogP) is 1.46. The Morgan fingerprint density at radius 2 is 2.14 bits per heavy atom. The van der Waals surface area contributed by atoms with E-state index in [0.29, 0.717) is 30.3 Å². The number of nitrogens with zero attached hydrogens (tertiary/aromatic N) is 1. The van der Waals surface area contributed by atoms with Gasteiger partial charge in [-0.15, -0.1) is 0 Å². The van der Waals surface area contributed by atoms with Crippen molar-refractivity contribution in [2.24, 2.45) is 0 Å². The van der Waals surface area contributed by atoms with Gasteiger partial charge in [0.1, 0.15) is 12.2 Å². The van der Waals surface area contributed by atoms with Crippen molar-refractivity contribution in [3.8, 4) is 0 Å². The van der Waals surface area contributed by atoms with Crippen molar-refractivity contribution in [1.29, 1.82) is 0 Å². The number of nitrogens with one attached hydrogen (secondary N) is 2. The zero-order valence-electron chi connectivity index (χ0n) is 11.4. The Bertz CT molecular complexity index is 551. The monoisotopic (exact) mass is 309 g/mol. The number of morpholine rings is 1. The molecule has 1 aromatic rings. The Hall–Kier alpha value is -1.79. The number of hydrogen-bond donors (Lipinski definition) is 2. The molecule has 7 heteroatoms. The van der Waals surface area contributed by atoms with Crippen LogP contribution in [0.15, 0.2) is 24.3 Å². The topological polar surface area (TPSA) is 70.7 Å². The van der Waals surface area contributed by atoms with Crippen LogP contribution in [0.3, 0.4) is 0 Å².